The molecule has 2 atom stereocenters. The number of methoxy groups -OCH3 is 1. The molecule has 0 spiro atoms. The summed E-state index contributed by atoms with van der Waals surface area (Å²) in [4.78, 5) is 26.2. The van der Waals surface area contributed by atoms with Gasteiger partial charge in [-0.3, -0.25) is 4.90 Å². The van der Waals surface area contributed by atoms with Gasteiger partial charge in [0.05, 0.1) is 13.7 Å². The summed E-state index contributed by atoms with van der Waals surface area (Å²) in [5, 5.41) is 0. The number of ether oxygens (including phenoxy) is 2. The number of hydrogen-bond donors (Lipinski definition) is 0. The minimum absolute atomic E-state index is 0.202. The lowest BCUT2D eigenvalue weighted by Gasteiger charge is -2.34. The largest absolute Gasteiger partial charge is 0.467 e. The molecule has 128 valence electrons. The average Bonchev–Trinajstić information content (AvgIpc) is 2.54. The van der Waals surface area contributed by atoms with E-state index in [1.54, 1.807) is 6.92 Å². The number of nitrogens with zero attached hydrogens (tertiary/aromatic N) is 1. The van der Waals surface area contributed by atoms with Crippen LogP contribution in [0.4, 0.5) is 4.79 Å². The van der Waals surface area contributed by atoms with E-state index >= 15 is 0 Å². The van der Waals surface area contributed by atoms with Crippen LogP contribution >= 0.6 is 0 Å². The molecule has 0 saturated carbocycles. The number of rotatable bonds is 7. The number of carbonyl (C=O) groups is 2. The van der Waals surface area contributed by atoms with Gasteiger partial charge in [-0.2, -0.15) is 0 Å². The standard InChI is InChI=1S/C18H27NO4/c1-6-23-18(21)19(12-13(2)3)16(17(20)22-5)14(4)15-10-8-7-9-11-15/h7-11,13-14,16H,6,12H2,1-5H3. The van der Waals surface area contributed by atoms with E-state index < -0.39 is 18.1 Å². The molecule has 0 aromatic heterocycles. The van der Waals surface area contributed by atoms with Gasteiger partial charge in [0.25, 0.3) is 0 Å². The van der Waals surface area contributed by atoms with Gasteiger partial charge in [-0.1, -0.05) is 51.1 Å². The predicted molar refractivity (Wildman–Crippen MR) is 89.2 cm³/mol. The van der Waals surface area contributed by atoms with Gasteiger partial charge >= 0.3 is 12.1 Å². The van der Waals surface area contributed by atoms with E-state index in [0.29, 0.717) is 6.54 Å². The Bertz CT molecular complexity index is 501. The molecule has 0 radical (unpaired) electrons. The maximum atomic E-state index is 12.4. The molecule has 1 rings (SSSR count). The summed E-state index contributed by atoms with van der Waals surface area (Å²) < 4.78 is 10.1. The number of carbonyl (C=O) groups excluding carboxylic acids is 2. The second-order valence-electron chi connectivity index (χ2n) is 5.91. The highest BCUT2D eigenvalue weighted by Crippen LogP contribution is 2.25. The number of hydrogen-bond acceptors (Lipinski definition) is 4. The average molecular weight is 321 g/mol. The molecule has 0 bridgehead atoms. The van der Waals surface area contributed by atoms with Crippen LogP contribution in [-0.4, -0.2) is 43.3 Å². The molecular formula is C18H27NO4. The molecule has 0 aliphatic heterocycles. The minimum Gasteiger partial charge on any atom is -0.467 e. The van der Waals surface area contributed by atoms with Crippen molar-refractivity contribution in [3.63, 3.8) is 0 Å². The normalized spacial score (nSPS) is 13.3. The van der Waals surface area contributed by atoms with Crippen LogP contribution in [0.1, 0.15) is 39.2 Å². The Labute approximate surface area is 138 Å². The van der Waals surface area contributed by atoms with Crippen LogP contribution in [0.2, 0.25) is 0 Å². The van der Waals surface area contributed by atoms with Gasteiger partial charge in [0.1, 0.15) is 6.04 Å². The predicted octanol–water partition coefficient (Wildman–Crippen LogP) is 3.45. The van der Waals surface area contributed by atoms with Gasteiger partial charge in [0, 0.05) is 12.5 Å². The van der Waals surface area contributed by atoms with Crippen LogP contribution in [0.15, 0.2) is 30.3 Å². The summed E-state index contributed by atoms with van der Waals surface area (Å²) >= 11 is 0. The van der Waals surface area contributed by atoms with Crippen molar-refractivity contribution in [1.82, 2.24) is 4.90 Å². The van der Waals surface area contributed by atoms with Crippen molar-refractivity contribution in [3.05, 3.63) is 35.9 Å². The molecule has 0 aliphatic rings. The molecule has 0 aliphatic carbocycles. The van der Waals surface area contributed by atoms with E-state index in [2.05, 4.69) is 0 Å². The highest BCUT2D eigenvalue weighted by Gasteiger charge is 2.37. The molecule has 23 heavy (non-hydrogen) atoms. The fraction of sp³-hybridized carbons (Fsp3) is 0.556. The molecule has 1 amide bonds. The van der Waals surface area contributed by atoms with Crippen LogP contribution in [0, 0.1) is 5.92 Å². The summed E-state index contributed by atoms with van der Waals surface area (Å²) in [5.74, 6) is -0.434. The second kappa shape index (κ2) is 9.18. The van der Waals surface area contributed by atoms with Crippen molar-refractivity contribution in [2.24, 2.45) is 5.92 Å². The van der Waals surface area contributed by atoms with E-state index in [9.17, 15) is 9.59 Å². The summed E-state index contributed by atoms with van der Waals surface area (Å²) in [6, 6.07) is 8.91. The van der Waals surface area contributed by atoms with E-state index in [-0.39, 0.29) is 18.4 Å². The third-order valence-corrected chi connectivity index (χ3v) is 3.64. The van der Waals surface area contributed by atoms with Gasteiger partial charge < -0.3 is 9.47 Å². The molecular weight excluding hydrogens is 294 g/mol. The van der Waals surface area contributed by atoms with Crippen LogP contribution in [-0.2, 0) is 14.3 Å². The van der Waals surface area contributed by atoms with Gasteiger partial charge in [-0.15, -0.1) is 0 Å². The highest BCUT2D eigenvalue weighted by molar-refractivity contribution is 5.82. The minimum atomic E-state index is -0.719. The quantitative estimate of drug-likeness (QED) is 0.722. The highest BCUT2D eigenvalue weighted by atomic mass is 16.6. The third kappa shape index (κ3) is 5.27. The Kier molecular flexibility index (Phi) is 7.59. The topological polar surface area (TPSA) is 55.8 Å². The maximum Gasteiger partial charge on any atom is 0.410 e. The number of esters is 1. The molecule has 0 fully saturated rings. The van der Waals surface area contributed by atoms with Crippen LogP contribution in [0.3, 0.4) is 0 Å². The Morgan fingerprint density at radius 2 is 1.74 bits per heavy atom. The van der Waals surface area contributed by atoms with Crippen molar-refractivity contribution in [3.8, 4) is 0 Å². The van der Waals surface area contributed by atoms with Crippen LogP contribution in [0.5, 0.6) is 0 Å². The number of benzene rings is 1. The Balaban J connectivity index is 3.18. The van der Waals surface area contributed by atoms with Crippen molar-refractivity contribution in [2.45, 2.75) is 39.7 Å². The summed E-state index contributed by atoms with van der Waals surface area (Å²) in [6.45, 7) is 8.35. The van der Waals surface area contributed by atoms with Gasteiger partial charge in [-0.25, -0.2) is 9.59 Å². The van der Waals surface area contributed by atoms with Crippen LogP contribution < -0.4 is 0 Å². The lowest BCUT2D eigenvalue weighted by atomic mass is 9.91. The monoisotopic (exact) mass is 321 g/mol. The maximum absolute atomic E-state index is 12.4. The van der Waals surface area contributed by atoms with Crippen molar-refractivity contribution < 1.29 is 19.1 Å². The Morgan fingerprint density at radius 3 is 2.22 bits per heavy atom. The van der Waals surface area contributed by atoms with Crippen molar-refractivity contribution in [2.75, 3.05) is 20.3 Å². The second-order valence-corrected chi connectivity index (χ2v) is 5.91. The molecule has 1 aromatic carbocycles. The van der Waals surface area contributed by atoms with Gasteiger partial charge in [0.2, 0.25) is 0 Å². The van der Waals surface area contributed by atoms with Crippen LogP contribution in [0.25, 0.3) is 0 Å². The molecule has 0 N–H and O–H groups in total. The third-order valence-electron chi connectivity index (χ3n) is 3.64. The smallest absolute Gasteiger partial charge is 0.410 e. The van der Waals surface area contributed by atoms with Gasteiger partial charge in [0.15, 0.2) is 0 Å². The molecule has 5 heteroatoms. The fourth-order valence-electron chi connectivity index (χ4n) is 2.56. The van der Waals surface area contributed by atoms with Crippen molar-refractivity contribution in [1.29, 1.82) is 0 Å². The first kappa shape index (κ1) is 19.0. The first-order chi connectivity index (χ1) is 10.9. The van der Waals surface area contributed by atoms with Gasteiger partial charge in [-0.05, 0) is 18.4 Å². The zero-order chi connectivity index (χ0) is 17.4. The first-order valence-electron chi connectivity index (χ1n) is 7.98. The first-order valence-corrected chi connectivity index (χ1v) is 7.98. The summed E-state index contributed by atoms with van der Waals surface area (Å²) in [6.07, 6.45) is -0.487. The van der Waals surface area contributed by atoms with E-state index in [1.165, 1.54) is 12.0 Å². The van der Waals surface area contributed by atoms with Crippen molar-refractivity contribution >= 4 is 12.1 Å². The molecule has 1 aromatic rings. The zero-order valence-electron chi connectivity index (χ0n) is 14.6. The SMILES string of the molecule is CCOC(=O)N(CC(C)C)C(C(=O)OC)C(C)c1ccccc1. The molecule has 0 heterocycles. The molecule has 2 unspecified atom stereocenters. The van der Waals surface area contributed by atoms with E-state index in [4.69, 9.17) is 9.47 Å². The summed E-state index contributed by atoms with van der Waals surface area (Å²) in [7, 11) is 1.34. The summed E-state index contributed by atoms with van der Waals surface area (Å²) in [5.41, 5.74) is 0.973. The zero-order valence-corrected chi connectivity index (χ0v) is 14.6. The number of amides is 1. The Morgan fingerprint density at radius 1 is 1.13 bits per heavy atom. The molecule has 0 saturated heterocycles. The van der Waals surface area contributed by atoms with E-state index in [0.717, 1.165) is 5.56 Å². The lowest BCUT2D eigenvalue weighted by molar-refractivity contribution is -0.147. The van der Waals surface area contributed by atoms with E-state index in [1.807, 2.05) is 51.1 Å². The fourth-order valence-corrected chi connectivity index (χ4v) is 2.56. The molecule has 5 nitrogen and oxygen atoms in total. The lowest BCUT2D eigenvalue weighted by Crippen LogP contribution is -2.50. The Hall–Kier alpha value is -2.04.